The highest BCUT2D eigenvalue weighted by molar-refractivity contribution is 5.76. The Hall–Kier alpha value is -0.610. The zero-order valence-electron chi connectivity index (χ0n) is 13.2. The highest BCUT2D eigenvalue weighted by Crippen LogP contribution is 2.35. The molecule has 0 spiro atoms. The van der Waals surface area contributed by atoms with Crippen LogP contribution < -0.4 is 11.1 Å². The van der Waals surface area contributed by atoms with Gasteiger partial charge in [0.15, 0.2) is 0 Å². The summed E-state index contributed by atoms with van der Waals surface area (Å²) in [5.41, 5.74) is 5.91. The van der Waals surface area contributed by atoms with Crippen molar-refractivity contribution in [3.05, 3.63) is 0 Å². The Kier molecular flexibility index (Phi) is 5.08. The molecule has 0 aromatic rings. The van der Waals surface area contributed by atoms with Crippen molar-refractivity contribution in [3.8, 4) is 0 Å². The second kappa shape index (κ2) is 6.44. The van der Waals surface area contributed by atoms with Gasteiger partial charge < -0.3 is 15.8 Å². The summed E-state index contributed by atoms with van der Waals surface area (Å²) < 4.78 is 5.77. The first-order chi connectivity index (χ1) is 9.40. The maximum Gasteiger partial charge on any atom is 0.220 e. The van der Waals surface area contributed by atoms with Gasteiger partial charge in [0.25, 0.3) is 0 Å². The van der Waals surface area contributed by atoms with Crippen LogP contribution in [0.1, 0.15) is 59.3 Å². The molecule has 0 aromatic carbocycles. The zero-order valence-corrected chi connectivity index (χ0v) is 13.2. The number of nitrogens with two attached hydrogens (primary N) is 1. The van der Waals surface area contributed by atoms with Crippen molar-refractivity contribution in [1.82, 2.24) is 5.32 Å². The van der Waals surface area contributed by atoms with E-state index < -0.39 is 0 Å². The largest absolute Gasteiger partial charge is 0.373 e. The third kappa shape index (κ3) is 3.95. The molecule has 0 aliphatic carbocycles. The number of hydrogen-bond acceptors (Lipinski definition) is 3. The van der Waals surface area contributed by atoms with Crippen LogP contribution >= 0.6 is 0 Å². The van der Waals surface area contributed by atoms with Crippen LogP contribution in [0.15, 0.2) is 0 Å². The Bertz CT molecular complexity index is 338. The van der Waals surface area contributed by atoms with Crippen molar-refractivity contribution in [2.45, 2.75) is 77.5 Å². The monoisotopic (exact) mass is 282 g/mol. The SMILES string of the molecule is CC(C)(C)C(CCN)CCC(=O)NC1CC2CCC1O2. The minimum Gasteiger partial charge on any atom is -0.373 e. The lowest BCUT2D eigenvalue weighted by atomic mass is 9.76. The molecule has 4 nitrogen and oxygen atoms in total. The summed E-state index contributed by atoms with van der Waals surface area (Å²) in [5.74, 6) is 0.687. The first-order valence-corrected chi connectivity index (χ1v) is 8.05. The molecular formula is C16H30N2O2. The van der Waals surface area contributed by atoms with Gasteiger partial charge >= 0.3 is 0 Å². The van der Waals surface area contributed by atoms with E-state index in [0.29, 0.717) is 25.0 Å². The van der Waals surface area contributed by atoms with Crippen LogP contribution in [0.25, 0.3) is 0 Å². The number of fused-ring (bicyclic) bond motifs is 2. The Balaban J connectivity index is 1.74. The second-order valence-electron chi connectivity index (χ2n) is 7.46. The molecule has 4 atom stereocenters. The van der Waals surface area contributed by atoms with Crippen molar-refractivity contribution in [2.24, 2.45) is 17.1 Å². The highest BCUT2D eigenvalue weighted by atomic mass is 16.5. The normalized spacial score (nSPS) is 30.5. The van der Waals surface area contributed by atoms with Gasteiger partial charge in [0.05, 0.1) is 18.2 Å². The van der Waals surface area contributed by atoms with E-state index in [0.717, 1.165) is 25.7 Å². The molecule has 1 amide bonds. The van der Waals surface area contributed by atoms with Gasteiger partial charge in [-0.2, -0.15) is 0 Å². The Labute approximate surface area is 122 Å². The third-order valence-electron chi connectivity index (χ3n) is 4.91. The molecule has 20 heavy (non-hydrogen) atoms. The standard InChI is InChI=1S/C16H30N2O2/c1-16(2,3)11(8-9-17)4-7-15(19)18-13-10-12-5-6-14(13)20-12/h11-14H,4-10,17H2,1-3H3,(H,18,19). The third-order valence-corrected chi connectivity index (χ3v) is 4.91. The summed E-state index contributed by atoms with van der Waals surface area (Å²) in [6.07, 6.45) is 6.46. The van der Waals surface area contributed by atoms with E-state index >= 15 is 0 Å². The van der Waals surface area contributed by atoms with Gasteiger partial charge in [-0.1, -0.05) is 20.8 Å². The van der Waals surface area contributed by atoms with Crippen molar-refractivity contribution in [3.63, 3.8) is 0 Å². The van der Waals surface area contributed by atoms with Crippen LogP contribution in [0.4, 0.5) is 0 Å². The Morgan fingerprint density at radius 2 is 2.10 bits per heavy atom. The van der Waals surface area contributed by atoms with E-state index in [1.54, 1.807) is 0 Å². The molecule has 2 saturated heterocycles. The number of hydrogen-bond donors (Lipinski definition) is 2. The molecule has 4 heteroatoms. The number of ether oxygens (including phenoxy) is 1. The fraction of sp³-hybridized carbons (Fsp3) is 0.938. The van der Waals surface area contributed by atoms with Crippen LogP contribution in [-0.2, 0) is 9.53 Å². The van der Waals surface area contributed by atoms with Gasteiger partial charge in [-0.3, -0.25) is 4.79 Å². The van der Waals surface area contributed by atoms with E-state index in [2.05, 4.69) is 26.1 Å². The molecule has 0 saturated carbocycles. The summed E-state index contributed by atoms with van der Waals surface area (Å²) >= 11 is 0. The van der Waals surface area contributed by atoms with Gasteiger partial charge in [-0.15, -0.1) is 0 Å². The van der Waals surface area contributed by atoms with Crippen LogP contribution in [-0.4, -0.2) is 30.7 Å². The molecule has 2 bridgehead atoms. The van der Waals surface area contributed by atoms with Crippen molar-refractivity contribution < 1.29 is 9.53 Å². The van der Waals surface area contributed by atoms with Crippen LogP contribution in [0.2, 0.25) is 0 Å². The van der Waals surface area contributed by atoms with E-state index in [1.807, 2.05) is 0 Å². The fourth-order valence-electron chi connectivity index (χ4n) is 3.59. The van der Waals surface area contributed by atoms with E-state index in [4.69, 9.17) is 10.5 Å². The molecule has 2 rings (SSSR count). The Morgan fingerprint density at radius 1 is 1.35 bits per heavy atom. The minimum absolute atomic E-state index is 0.178. The summed E-state index contributed by atoms with van der Waals surface area (Å²) in [6, 6.07) is 0.254. The smallest absolute Gasteiger partial charge is 0.220 e. The van der Waals surface area contributed by atoms with Gasteiger partial charge in [0, 0.05) is 6.42 Å². The predicted molar refractivity (Wildman–Crippen MR) is 80.3 cm³/mol. The first-order valence-electron chi connectivity index (χ1n) is 8.05. The average Bonchev–Trinajstić information content (AvgIpc) is 2.95. The molecule has 2 fully saturated rings. The minimum atomic E-state index is 0.178. The molecule has 3 N–H and O–H groups in total. The Morgan fingerprint density at radius 3 is 2.60 bits per heavy atom. The van der Waals surface area contributed by atoms with Gasteiger partial charge in [0.2, 0.25) is 5.91 Å². The summed E-state index contributed by atoms with van der Waals surface area (Å²) in [5, 5.41) is 3.16. The van der Waals surface area contributed by atoms with E-state index in [-0.39, 0.29) is 23.5 Å². The molecule has 2 aliphatic rings. The van der Waals surface area contributed by atoms with Crippen LogP contribution in [0.3, 0.4) is 0 Å². The van der Waals surface area contributed by atoms with Crippen molar-refractivity contribution in [1.29, 1.82) is 0 Å². The lowest BCUT2D eigenvalue weighted by molar-refractivity contribution is -0.122. The van der Waals surface area contributed by atoms with Crippen LogP contribution in [0.5, 0.6) is 0 Å². The average molecular weight is 282 g/mol. The molecule has 2 heterocycles. The lowest BCUT2D eigenvalue weighted by Crippen LogP contribution is -2.41. The number of nitrogens with one attached hydrogen (secondary N) is 1. The van der Waals surface area contributed by atoms with Gasteiger partial charge in [-0.25, -0.2) is 0 Å². The molecular weight excluding hydrogens is 252 g/mol. The number of carbonyl (C=O) groups excluding carboxylic acids is 1. The summed E-state index contributed by atoms with van der Waals surface area (Å²) in [4.78, 5) is 12.1. The van der Waals surface area contributed by atoms with E-state index in [9.17, 15) is 4.79 Å². The maximum atomic E-state index is 12.1. The maximum absolute atomic E-state index is 12.1. The topological polar surface area (TPSA) is 64.4 Å². The summed E-state index contributed by atoms with van der Waals surface area (Å²) in [7, 11) is 0. The molecule has 0 radical (unpaired) electrons. The lowest BCUT2D eigenvalue weighted by Gasteiger charge is -2.30. The first kappa shape index (κ1) is 15.8. The molecule has 4 unspecified atom stereocenters. The zero-order chi connectivity index (χ0) is 14.8. The van der Waals surface area contributed by atoms with Gasteiger partial charge in [0.1, 0.15) is 0 Å². The molecule has 116 valence electrons. The quantitative estimate of drug-likeness (QED) is 0.785. The van der Waals surface area contributed by atoms with Crippen molar-refractivity contribution >= 4 is 5.91 Å². The van der Waals surface area contributed by atoms with Crippen LogP contribution in [0, 0.1) is 11.3 Å². The molecule has 2 aliphatic heterocycles. The highest BCUT2D eigenvalue weighted by Gasteiger charge is 2.41. The van der Waals surface area contributed by atoms with Crippen molar-refractivity contribution in [2.75, 3.05) is 6.54 Å². The fourth-order valence-corrected chi connectivity index (χ4v) is 3.59. The number of rotatable bonds is 6. The second-order valence-corrected chi connectivity index (χ2v) is 7.46. The summed E-state index contributed by atoms with van der Waals surface area (Å²) in [6.45, 7) is 7.39. The number of amides is 1. The predicted octanol–water partition coefficient (Wildman–Crippen LogP) is 2.21. The number of carbonyl (C=O) groups is 1. The van der Waals surface area contributed by atoms with Gasteiger partial charge in [-0.05, 0) is 50.0 Å². The molecule has 0 aromatic heterocycles. The van der Waals surface area contributed by atoms with E-state index in [1.165, 1.54) is 6.42 Å².